The number of rotatable bonds is 8. The lowest BCUT2D eigenvalue weighted by atomic mass is 9.74. The second-order valence-corrected chi connectivity index (χ2v) is 11.8. The van der Waals surface area contributed by atoms with Gasteiger partial charge in [0.25, 0.3) is 0 Å². The van der Waals surface area contributed by atoms with E-state index < -0.39 is 21.5 Å². The summed E-state index contributed by atoms with van der Waals surface area (Å²) in [4.78, 5) is 15.0. The molecule has 11 heteroatoms. The van der Waals surface area contributed by atoms with Crippen LogP contribution < -0.4 is 0 Å². The van der Waals surface area contributed by atoms with Crippen LogP contribution in [0.25, 0.3) is 0 Å². The highest BCUT2D eigenvalue weighted by Crippen LogP contribution is 2.44. The molecule has 1 saturated heterocycles. The fourth-order valence-electron chi connectivity index (χ4n) is 4.83. The minimum atomic E-state index is -3.29. The molecule has 3 rings (SSSR count). The third-order valence-electron chi connectivity index (χ3n) is 6.72. The summed E-state index contributed by atoms with van der Waals surface area (Å²) in [6, 6.07) is 4.72. The monoisotopic (exact) mass is 546 g/mol. The van der Waals surface area contributed by atoms with Crippen LogP contribution in [0.2, 0.25) is 10.0 Å². The molecule has 1 aliphatic heterocycles. The number of piperazine rings is 1. The van der Waals surface area contributed by atoms with Crippen molar-refractivity contribution in [3.63, 3.8) is 0 Å². The second-order valence-electron chi connectivity index (χ2n) is 8.83. The summed E-state index contributed by atoms with van der Waals surface area (Å²) in [5, 5.41) is 0.729. The molecule has 1 aliphatic carbocycles. The summed E-state index contributed by atoms with van der Waals surface area (Å²) in [5.74, 6) is -2.76. The summed E-state index contributed by atoms with van der Waals surface area (Å²) in [5.41, 5.74) is -0.214. The van der Waals surface area contributed by atoms with Crippen molar-refractivity contribution in [2.24, 2.45) is 0 Å². The Morgan fingerprint density at radius 2 is 1.67 bits per heavy atom. The third-order valence-corrected chi connectivity index (χ3v) is 9.36. The first-order valence-corrected chi connectivity index (χ1v) is 13.4. The Morgan fingerprint density at radius 1 is 1.06 bits per heavy atom. The molecule has 188 valence electrons. The number of Topliss-reactive ketones (excluding diaryl/α,β-unsaturated/α-hetero) is 1. The van der Waals surface area contributed by atoms with Gasteiger partial charge in [-0.25, -0.2) is 17.2 Å². The van der Waals surface area contributed by atoms with Gasteiger partial charge >= 0.3 is 0 Å². The molecule has 0 spiro atoms. The number of ketones is 1. The zero-order valence-electron chi connectivity index (χ0n) is 18.7. The Balaban J connectivity index is 0.00000385. The van der Waals surface area contributed by atoms with E-state index >= 15 is 0 Å². The molecule has 0 bridgehead atoms. The van der Waals surface area contributed by atoms with Gasteiger partial charge < -0.3 is 0 Å². The molecule has 1 saturated carbocycles. The number of alkyl halides is 2. The summed E-state index contributed by atoms with van der Waals surface area (Å²) in [6.45, 7) is 3.46. The van der Waals surface area contributed by atoms with E-state index in [2.05, 4.69) is 4.90 Å². The topological polar surface area (TPSA) is 57.7 Å². The smallest absolute Gasteiger partial charge is 0.248 e. The molecule has 0 atom stereocenters. The maximum absolute atomic E-state index is 14.0. The highest BCUT2D eigenvalue weighted by molar-refractivity contribution is 7.89. The molecule has 0 radical (unpaired) electrons. The van der Waals surface area contributed by atoms with Crippen LogP contribution in [-0.2, 0) is 10.0 Å². The third kappa shape index (κ3) is 7.01. The van der Waals surface area contributed by atoms with Crippen molar-refractivity contribution in [3.8, 4) is 0 Å². The van der Waals surface area contributed by atoms with E-state index in [9.17, 15) is 22.0 Å². The van der Waals surface area contributed by atoms with Crippen LogP contribution in [0.4, 0.5) is 8.78 Å². The number of carbonyl (C=O) groups is 1. The van der Waals surface area contributed by atoms with Crippen molar-refractivity contribution >= 4 is 51.4 Å². The second kappa shape index (κ2) is 11.5. The van der Waals surface area contributed by atoms with E-state index in [1.807, 2.05) is 6.92 Å². The van der Waals surface area contributed by atoms with Crippen LogP contribution in [0, 0.1) is 0 Å². The minimum absolute atomic E-state index is 0. The van der Waals surface area contributed by atoms with E-state index in [-0.39, 0.29) is 56.0 Å². The van der Waals surface area contributed by atoms with Gasteiger partial charge in [-0.05, 0) is 43.9 Å². The standard InChI is InChI=1S/C22H30Cl2F2N2O3S.ClH/c1-2-15-32(30,31)28-13-11-27(12-14-28)21(7-9-22(25,26)10-8-21)6-5-20(29)18-16-17(23)3-4-19(18)24;/h3-4,16H,2,5-15H2,1H3;1H. The first kappa shape index (κ1) is 28.7. The predicted molar refractivity (Wildman–Crippen MR) is 131 cm³/mol. The molecule has 2 aliphatic rings. The van der Waals surface area contributed by atoms with E-state index in [4.69, 9.17) is 23.2 Å². The van der Waals surface area contributed by atoms with Crippen molar-refractivity contribution < 1.29 is 22.0 Å². The average molecular weight is 548 g/mol. The molecule has 1 heterocycles. The van der Waals surface area contributed by atoms with Gasteiger partial charge in [0.2, 0.25) is 15.9 Å². The summed E-state index contributed by atoms with van der Waals surface area (Å²) < 4.78 is 54.3. The summed E-state index contributed by atoms with van der Waals surface area (Å²) >= 11 is 12.2. The highest BCUT2D eigenvalue weighted by atomic mass is 35.5. The van der Waals surface area contributed by atoms with Crippen LogP contribution in [0.1, 0.15) is 62.2 Å². The first-order chi connectivity index (χ1) is 15.0. The fourth-order valence-corrected chi connectivity index (χ4v) is 6.71. The van der Waals surface area contributed by atoms with Crippen LogP contribution >= 0.6 is 35.6 Å². The normalized spacial score (nSPS) is 21.4. The van der Waals surface area contributed by atoms with Gasteiger partial charge in [0.15, 0.2) is 5.78 Å². The van der Waals surface area contributed by atoms with Crippen molar-refractivity contribution in [2.75, 3.05) is 31.9 Å². The molecule has 0 amide bonds. The average Bonchev–Trinajstić information content (AvgIpc) is 2.75. The number of hydrogen-bond acceptors (Lipinski definition) is 4. The van der Waals surface area contributed by atoms with Crippen molar-refractivity contribution in [3.05, 3.63) is 33.8 Å². The van der Waals surface area contributed by atoms with E-state index in [1.165, 1.54) is 10.4 Å². The summed E-state index contributed by atoms with van der Waals surface area (Å²) in [7, 11) is -3.29. The number of nitrogens with zero attached hydrogens (tertiary/aromatic N) is 2. The maximum Gasteiger partial charge on any atom is 0.248 e. The SMILES string of the molecule is CCCS(=O)(=O)N1CCN(C2(CCC(=O)c3cc(Cl)ccc3Cl)CCC(F)(F)CC2)CC1.Cl. The van der Waals surface area contributed by atoms with Gasteiger partial charge in [0.1, 0.15) is 0 Å². The fraction of sp³-hybridized carbons (Fsp3) is 0.682. The molecule has 0 aromatic heterocycles. The molecule has 0 N–H and O–H groups in total. The molecule has 2 fully saturated rings. The van der Waals surface area contributed by atoms with Gasteiger partial charge in [-0.2, -0.15) is 4.31 Å². The van der Waals surface area contributed by atoms with Crippen LogP contribution in [0.15, 0.2) is 18.2 Å². The quantitative estimate of drug-likeness (QED) is 0.393. The number of carbonyl (C=O) groups excluding carboxylic acids is 1. The molecular weight excluding hydrogens is 517 g/mol. The number of hydrogen-bond donors (Lipinski definition) is 0. The van der Waals surface area contributed by atoms with Crippen LogP contribution in [-0.4, -0.2) is 66.8 Å². The Bertz CT molecular complexity index is 929. The number of sulfonamides is 1. The van der Waals surface area contributed by atoms with Gasteiger partial charge in [-0.3, -0.25) is 9.69 Å². The molecular formula is C22H31Cl3F2N2O3S. The summed E-state index contributed by atoms with van der Waals surface area (Å²) in [6.07, 6.45) is 1.24. The van der Waals surface area contributed by atoms with Gasteiger partial charge in [0, 0.05) is 61.6 Å². The Labute approximate surface area is 211 Å². The van der Waals surface area contributed by atoms with Crippen LogP contribution in [0.5, 0.6) is 0 Å². The zero-order valence-corrected chi connectivity index (χ0v) is 21.8. The molecule has 33 heavy (non-hydrogen) atoms. The number of benzene rings is 1. The van der Waals surface area contributed by atoms with Gasteiger partial charge in [0.05, 0.1) is 10.8 Å². The van der Waals surface area contributed by atoms with Crippen molar-refractivity contribution in [2.45, 2.75) is 63.3 Å². The highest BCUT2D eigenvalue weighted by Gasteiger charge is 2.47. The molecule has 1 aromatic carbocycles. The maximum atomic E-state index is 14.0. The Hall–Kier alpha value is -0.510. The Morgan fingerprint density at radius 3 is 2.24 bits per heavy atom. The van der Waals surface area contributed by atoms with E-state index in [0.717, 1.165) is 0 Å². The van der Waals surface area contributed by atoms with E-state index in [1.54, 1.807) is 12.1 Å². The number of halogens is 5. The lowest BCUT2D eigenvalue weighted by Crippen LogP contribution is -2.60. The lowest BCUT2D eigenvalue weighted by molar-refractivity contribution is -0.0891. The molecule has 5 nitrogen and oxygen atoms in total. The van der Waals surface area contributed by atoms with Crippen molar-refractivity contribution in [1.29, 1.82) is 0 Å². The molecule has 0 unspecified atom stereocenters. The lowest BCUT2D eigenvalue weighted by Gasteiger charge is -2.51. The Kier molecular flexibility index (Phi) is 10.00. The minimum Gasteiger partial charge on any atom is -0.295 e. The first-order valence-electron chi connectivity index (χ1n) is 11.1. The zero-order chi connectivity index (χ0) is 23.6. The van der Waals surface area contributed by atoms with Crippen LogP contribution in [0.3, 0.4) is 0 Å². The van der Waals surface area contributed by atoms with Gasteiger partial charge in [-0.1, -0.05) is 30.1 Å². The van der Waals surface area contributed by atoms with Crippen molar-refractivity contribution in [1.82, 2.24) is 9.21 Å². The van der Waals surface area contributed by atoms with E-state index in [0.29, 0.717) is 54.6 Å². The predicted octanol–water partition coefficient (Wildman–Crippen LogP) is 5.68. The molecule has 1 aromatic rings. The van der Waals surface area contributed by atoms with Gasteiger partial charge in [-0.15, -0.1) is 12.4 Å². The largest absolute Gasteiger partial charge is 0.295 e.